The van der Waals surface area contributed by atoms with E-state index < -0.39 is 6.10 Å². The molecule has 0 aliphatic carbocycles. The van der Waals surface area contributed by atoms with Crippen LogP contribution in [0.4, 0.5) is 0 Å². The molecule has 0 saturated heterocycles. The lowest BCUT2D eigenvalue weighted by Gasteiger charge is -2.14. The summed E-state index contributed by atoms with van der Waals surface area (Å²) < 4.78 is 21.3. The normalized spacial score (nSPS) is 11.6. The molecule has 1 amide bonds. The Morgan fingerprint density at radius 1 is 1.17 bits per heavy atom. The van der Waals surface area contributed by atoms with Gasteiger partial charge in [0.25, 0.3) is 5.91 Å². The van der Waals surface area contributed by atoms with Gasteiger partial charge in [0.15, 0.2) is 6.10 Å². The van der Waals surface area contributed by atoms with Gasteiger partial charge < -0.3 is 24.1 Å². The Balaban J connectivity index is 1.62. The maximum absolute atomic E-state index is 12.3. The van der Waals surface area contributed by atoms with Crippen molar-refractivity contribution in [1.82, 2.24) is 15.5 Å². The van der Waals surface area contributed by atoms with Gasteiger partial charge in [-0.25, -0.2) is 0 Å². The molecule has 1 atom stereocenters. The molecular formula is C20H20ClN3O5. The van der Waals surface area contributed by atoms with Gasteiger partial charge in [0, 0.05) is 6.07 Å². The van der Waals surface area contributed by atoms with Gasteiger partial charge in [0.1, 0.15) is 17.2 Å². The average Bonchev–Trinajstić information content (AvgIpc) is 3.21. The van der Waals surface area contributed by atoms with Crippen LogP contribution in [0.25, 0.3) is 11.4 Å². The molecular weight excluding hydrogens is 398 g/mol. The highest BCUT2D eigenvalue weighted by Crippen LogP contribution is 2.31. The lowest BCUT2D eigenvalue weighted by molar-refractivity contribution is -0.127. The van der Waals surface area contributed by atoms with Gasteiger partial charge in [0.2, 0.25) is 11.7 Å². The van der Waals surface area contributed by atoms with Crippen molar-refractivity contribution in [2.24, 2.45) is 0 Å². The Bertz CT molecular complexity index is 992. The molecule has 152 valence electrons. The Hall–Kier alpha value is -3.26. The van der Waals surface area contributed by atoms with E-state index in [-0.39, 0.29) is 18.3 Å². The lowest BCUT2D eigenvalue weighted by Crippen LogP contribution is -2.36. The first-order chi connectivity index (χ1) is 14.0. The van der Waals surface area contributed by atoms with Gasteiger partial charge in [-0.1, -0.05) is 28.9 Å². The van der Waals surface area contributed by atoms with Gasteiger partial charge >= 0.3 is 0 Å². The minimum atomic E-state index is -0.751. The van der Waals surface area contributed by atoms with E-state index in [0.717, 1.165) is 0 Å². The molecule has 2 aromatic carbocycles. The summed E-state index contributed by atoms with van der Waals surface area (Å²) in [4.78, 5) is 16.6. The fraction of sp³-hybridized carbons (Fsp3) is 0.250. The molecule has 0 radical (unpaired) electrons. The molecule has 8 nitrogen and oxygen atoms in total. The number of para-hydroxylation sites is 1. The summed E-state index contributed by atoms with van der Waals surface area (Å²) in [5.41, 5.74) is 0.644. The van der Waals surface area contributed by atoms with Gasteiger partial charge in [-0.2, -0.15) is 4.98 Å². The van der Waals surface area contributed by atoms with Crippen molar-refractivity contribution in [2.45, 2.75) is 19.6 Å². The van der Waals surface area contributed by atoms with Crippen LogP contribution in [0.5, 0.6) is 17.2 Å². The van der Waals surface area contributed by atoms with Crippen molar-refractivity contribution in [2.75, 3.05) is 14.2 Å². The highest BCUT2D eigenvalue weighted by molar-refractivity contribution is 6.32. The molecule has 0 aliphatic rings. The standard InChI is InChI=1S/C20H20ClN3O5/c1-12(28-16-7-5-4-6-15(16)21)20(25)22-11-18-23-19(24-29-18)14-9-8-13(26-2)10-17(14)27-3/h4-10,12H,11H2,1-3H3,(H,22,25)/t12-/m0/s1. The molecule has 1 N–H and O–H groups in total. The molecule has 0 aliphatic heterocycles. The maximum atomic E-state index is 12.3. The summed E-state index contributed by atoms with van der Waals surface area (Å²) in [6.07, 6.45) is -0.751. The molecule has 0 spiro atoms. The molecule has 9 heteroatoms. The average molecular weight is 418 g/mol. The molecule has 3 rings (SSSR count). The minimum Gasteiger partial charge on any atom is -0.497 e. The summed E-state index contributed by atoms with van der Waals surface area (Å²) in [6, 6.07) is 12.2. The number of nitrogens with one attached hydrogen (secondary N) is 1. The van der Waals surface area contributed by atoms with E-state index in [2.05, 4.69) is 15.5 Å². The van der Waals surface area contributed by atoms with E-state index in [1.54, 1.807) is 63.6 Å². The minimum absolute atomic E-state index is 0.0561. The maximum Gasteiger partial charge on any atom is 0.261 e. The molecule has 29 heavy (non-hydrogen) atoms. The van der Waals surface area contributed by atoms with Crippen molar-refractivity contribution < 1.29 is 23.5 Å². The van der Waals surface area contributed by atoms with Gasteiger partial charge in [-0.15, -0.1) is 0 Å². The number of methoxy groups -OCH3 is 2. The number of carbonyl (C=O) groups is 1. The first-order valence-electron chi connectivity index (χ1n) is 8.75. The van der Waals surface area contributed by atoms with Crippen LogP contribution in [-0.2, 0) is 11.3 Å². The molecule has 0 fully saturated rings. The topological polar surface area (TPSA) is 95.7 Å². The third kappa shape index (κ3) is 4.97. The summed E-state index contributed by atoms with van der Waals surface area (Å²) in [7, 11) is 3.11. The number of benzene rings is 2. The van der Waals surface area contributed by atoms with Crippen molar-refractivity contribution >= 4 is 17.5 Å². The largest absolute Gasteiger partial charge is 0.497 e. The summed E-state index contributed by atoms with van der Waals surface area (Å²) in [5, 5.41) is 7.07. The van der Waals surface area contributed by atoms with E-state index in [4.69, 9.17) is 30.3 Å². The van der Waals surface area contributed by atoms with Crippen LogP contribution < -0.4 is 19.5 Å². The highest BCUT2D eigenvalue weighted by Gasteiger charge is 2.18. The van der Waals surface area contributed by atoms with Crippen LogP contribution >= 0.6 is 11.6 Å². The molecule has 0 unspecified atom stereocenters. The Morgan fingerprint density at radius 2 is 1.97 bits per heavy atom. The molecule has 3 aromatic rings. The van der Waals surface area contributed by atoms with Crippen LogP contribution in [0.3, 0.4) is 0 Å². The second kappa shape index (κ2) is 9.29. The van der Waals surface area contributed by atoms with E-state index in [1.165, 1.54) is 0 Å². The van der Waals surface area contributed by atoms with E-state index in [0.29, 0.717) is 33.7 Å². The zero-order valence-corrected chi connectivity index (χ0v) is 16.9. The first-order valence-corrected chi connectivity index (χ1v) is 9.13. The Kier molecular flexibility index (Phi) is 6.56. The molecule has 1 aromatic heterocycles. The summed E-state index contributed by atoms with van der Waals surface area (Å²) in [6.45, 7) is 1.68. The number of hydrogen-bond donors (Lipinski definition) is 1. The summed E-state index contributed by atoms with van der Waals surface area (Å²) in [5.74, 6) is 1.87. The zero-order valence-electron chi connectivity index (χ0n) is 16.1. The van der Waals surface area contributed by atoms with Crippen molar-refractivity contribution in [3.8, 4) is 28.6 Å². The first kappa shape index (κ1) is 20.5. The van der Waals surface area contributed by atoms with Crippen LogP contribution in [-0.4, -0.2) is 36.4 Å². The number of rotatable bonds is 8. The number of hydrogen-bond acceptors (Lipinski definition) is 7. The molecule has 1 heterocycles. The predicted octanol–water partition coefficient (Wildman–Crippen LogP) is 3.49. The molecule has 0 bridgehead atoms. The van der Waals surface area contributed by atoms with E-state index in [9.17, 15) is 4.79 Å². The Morgan fingerprint density at radius 3 is 2.69 bits per heavy atom. The van der Waals surface area contributed by atoms with E-state index >= 15 is 0 Å². The number of amides is 1. The fourth-order valence-corrected chi connectivity index (χ4v) is 2.69. The predicted molar refractivity (Wildman–Crippen MR) is 106 cm³/mol. The number of ether oxygens (including phenoxy) is 3. The number of nitrogens with zero attached hydrogens (tertiary/aromatic N) is 2. The van der Waals surface area contributed by atoms with Gasteiger partial charge in [-0.3, -0.25) is 4.79 Å². The van der Waals surface area contributed by atoms with Crippen LogP contribution in [0.2, 0.25) is 5.02 Å². The third-order valence-corrected chi connectivity index (χ3v) is 4.35. The second-order valence-corrected chi connectivity index (χ2v) is 6.39. The smallest absolute Gasteiger partial charge is 0.261 e. The highest BCUT2D eigenvalue weighted by atomic mass is 35.5. The van der Waals surface area contributed by atoms with Crippen LogP contribution in [0.1, 0.15) is 12.8 Å². The van der Waals surface area contributed by atoms with Crippen molar-refractivity contribution in [3.05, 3.63) is 53.4 Å². The monoisotopic (exact) mass is 417 g/mol. The zero-order chi connectivity index (χ0) is 20.8. The van der Waals surface area contributed by atoms with Gasteiger partial charge in [-0.05, 0) is 31.2 Å². The molecule has 0 saturated carbocycles. The number of halogens is 1. The SMILES string of the molecule is COc1ccc(-c2noc(CNC(=O)[C@H](C)Oc3ccccc3Cl)n2)c(OC)c1. The van der Waals surface area contributed by atoms with Gasteiger partial charge in [0.05, 0.1) is 31.4 Å². The summed E-state index contributed by atoms with van der Waals surface area (Å²) >= 11 is 6.04. The van der Waals surface area contributed by atoms with E-state index in [1.807, 2.05) is 0 Å². The fourth-order valence-electron chi connectivity index (χ4n) is 2.51. The quantitative estimate of drug-likeness (QED) is 0.599. The Labute approximate surface area is 172 Å². The lowest BCUT2D eigenvalue weighted by atomic mass is 10.2. The van der Waals surface area contributed by atoms with Crippen LogP contribution in [0.15, 0.2) is 47.0 Å². The number of aromatic nitrogens is 2. The van der Waals surface area contributed by atoms with Crippen molar-refractivity contribution in [3.63, 3.8) is 0 Å². The number of carbonyl (C=O) groups excluding carboxylic acids is 1. The third-order valence-electron chi connectivity index (χ3n) is 4.04. The second-order valence-electron chi connectivity index (χ2n) is 5.99. The van der Waals surface area contributed by atoms with Crippen LogP contribution in [0, 0.1) is 0 Å². The van der Waals surface area contributed by atoms with Crippen molar-refractivity contribution in [1.29, 1.82) is 0 Å².